The summed E-state index contributed by atoms with van der Waals surface area (Å²) >= 11 is 0. The van der Waals surface area contributed by atoms with E-state index in [4.69, 9.17) is 0 Å². The van der Waals surface area contributed by atoms with Crippen LogP contribution in [0.15, 0.2) is 53.3 Å². The monoisotopic (exact) mass is 498 g/mol. The first-order valence-corrected chi connectivity index (χ1v) is 13.7. The van der Waals surface area contributed by atoms with Gasteiger partial charge in [0.05, 0.1) is 18.1 Å². The minimum absolute atomic E-state index is 0.000566. The van der Waals surface area contributed by atoms with Crippen LogP contribution < -0.4 is 5.56 Å². The molecule has 7 nitrogen and oxygen atoms in total. The zero-order chi connectivity index (χ0) is 25.8. The molecule has 1 aliphatic carbocycles. The quantitative estimate of drug-likeness (QED) is 0.313. The predicted molar refractivity (Wildman–Crippen MR) is 147 cm³/mol. The molecule has 37 heavy (non-hydrogen) atoms. The Balaban J connectivity index is 1.54. The van der Waals surface area contributed by atoms with E-state index in [2.05, 4.69) is 76.5 Å². The van der Waals surface area contributed by atoms with Crippen molar-refractivity contribution >= 4 is 10.9 Å². The van der Waals surface area contributed by atoms with Crippen LogP contribution in [0.25, 0.3) is 10.9 Å². The first kappa shape index (κ1) is 25.3. The van der Waals surface area contributed by atoms with Crippen molar-refractivity contribution in [2.45, 2.75) is 90.9 Å². The van der Waals surface area contributed by atoms with Gasteiger partial charge >= 0.3 is 0 Å². The molecule has 0 saturated heterocycles. The SMILES string of the molecule is CCC[C@@H](c1nnnn1Cc1ccccc1)N(Cc1cc2cc(C)cc(C)c2[nH]c1=O)C1CCCCC1. The molecule has 0 spiro atoms. The Morgan fingerprint density at radius 3 is 2.62 bits per heavy atom. The van der Waals surface area contributed by atoms with Crippen LogP contribution in [0.2, 0.25) is 0 Å². The summed E-state index contributed by atoms with van der Waals surface area (Å²) in [5.74, 6) is 0.889. The van der Waals surface area contributed by atoms with Crippen LogP contribution in [0, 0.1) is 13.8 Å². The molecule has 0 unspecified atom stereocenters. The molecule has 1 aliphatic rings. The highest BCUT2D eigenvalue weighted by Crippen LogP contribution is 2.34. The van der Waals surface area contributed by atoms with Gasteiger partial charge in [0.25, 0.3) is 5.56 Å². The first-order valence-electron chi connectivity index (χ1n) is 13.7. The molecule has 2 heterocycles. The largest absolute Gasteiger partial charge is 0.321 e. The van der Waals surface area contributed by atoms with Gasteiger partial charge in [-0.25, -0.2) is 4.68 Å². The lowest BCUT2D eigenvalue weighted by Crippen LogP contribution is -2.41. The normalized spacial score (nSPS) is 15.5. The van der Waals surface area contributed by atoms with Crippen molar-refractivity contribution in [1.29, 1.82) is 0 Å². The van der Waals surface area contributed by atoms with Crippen LogP contribution >= 0.6 is 0 Å². The van der Waals surface area contributed by atoms with Crippen LogP contribution in [0.3, 0.4) is 0 Å². The van der Waals surface area contributed by atoms with Crippen LogP contribution in [0.5, 0.6) is 0 Å². The Hall–Kier alpha value is -3.32. The fourth-order valence-corrected chi connectivity index (χ4v) is 5.99. The molecule has 5 rings (SSSR count). The van der Waals surface area contributed by atoms with Crippen molar-refractivity contribution in [3.8, 4) is 0 Å². The summed E-state index contributed by atoms with van der Waals surface area (Å²) in [6.45, 7) is 7.60. The van der Waals surface area contributed by atoms with Gasteiger partial charge in [-0.2, -0.15) is 0 Å². The van der Waals surface area contributed by atoms with Crippen LogP contribution in [0.4, 0.5) is 0 Å². The second-order valence-corrected chi connectivity index (χ2v) is 10.6. The van der Waals surface area contributed by atoms with E-state index in [1.165, 1.54) is 30.4 Å². The highest BCUT2D eigenvalue weighted by Gasteiger charge is 2.32. The lowest BCUT2D eigenvalue weighted by molar-refractivity contribution is 0.0812. The van der Waals surface area contributed by atoms with Gasteiger partial charge in [-0.1, -0.05) is 74.6 Å². The molecular formula is C30H38N6O. The summed E-state index contributed by atoms with van der Waals surface area (Å²) in [6, 6.07) is 17.2. The lowest BCUT2D eigenvalue weighted by Gasteiger charge is -2.39. The summed E-state index contributed by atoms with van der Waals surface area (Å²) in [6.07, 6.45) is 7.97. The standard InChI is InChI=1S/C30H38N6O/c1-4-11-27(29-32-33-34-36(29)19-23-12-7-5-8-13-23)35(26-14-9-6-10-15-26)20-25-18-24-17-21(2)16-22(3)28(24)31-30(25)37/h5,7-8,12-13,16-18,26-27H,4,6,9-11,14-15,19-20H2,1-3H3,(H,31,37)/t27-/m0/s1. The Kier molecular flexibility index (Phi) is 7.79. The number of rotatable bonds is 9. The molecule has 2 aromatic carbocycles. The molecule has 4 aromatic rings. The van der Waals surface area contributed by atoms with Crippen molar-refractivity contribution < 1.29 is 0 Å². The van der Waals surface area contributed by atoms with Gasteiger partial charge in [0.15, 0.2) is 5.82 Å². The summed E-state index contributed by atoms with van der Waals surface area (Å²) in [5, 5.41) is 14.1. The molecule has 0 aliphatic heterocycles. The molecule has 1 atom stereocenters. The number of aromatic nitrogens is 5. The molecule has 0 radical (unpaired) electrons. The van der Waals surface area contributed by atoms with Crippen LogP contribution in [-0.2, 0) is 13.1 Å². The number of benzene rings is 2. The summed E-state index contributed by atoms with van der Waals surface area (Å²) in [7, 11) is 0. The molecular weight excluding hydrogens is 460 g/mol. The number of pyridine rings is 1. The first-order chi connectivity index (χ1) is 18.0. The molecule has 1 fully saturated rings. The van der Waals surface area contributed by atoms with Crippen molar-refractivity contribution in [2.75, 3.05) is 0 Å². The van der Waals surface area contributed by atoms with E-state index in [1.807, 2.05) is 22.9 Å². The number of fused-ring (bicyclic) bond motifs is 1. The van der Waals surface area contributed by atoms with Gasteiger partial charge in [0.1, 0.15) is 0 Å². The Bertz CT molecular complexity index is 1390. The second-order valence-electron chi connectivity index (χ2n) is 10.6. The minimum atomic E-state index is -0.000566. The zero-order valence-corrected chi connectivity index (χ0v) is 22.3. The van der Waals surface area contributed by atoms with Gasteiger partial charge in [-0.05, 0) is 72.2 Å². The van der Waals surface area contributed by atoms with E-state index in [9.17, 15) is 4.79 Å². The average molecular weight is 499 g/mol. The van der Waals surface area contributed by atoms with E-state index in [-0.39, 0.29) is 11.6 Å². The lowest BCUT2D eigenvalue weighted by atomic mass is 9.91. The third kappa shape index (κ3) is 5.67. The van der Waals surface area contributed by atoms with Gasteiger partial charge in [0, 0.05) is 18.2 Å². The summed E-state index contributed by atoms with van der Waals surface area (Å²) < 4.78 is 1.95. The van der Waals surface area contributed by atoms with E-state index < -0.39 is 0 Å². The maximum absolute atomic E-state index is 13.3. The van der Waals surface area contributed by atoms with E-state index in [0.29, 0.717) is 19.1 Å². The van der Waals surface area contributed by atoms with Crippen LogP contribution in [0.1, 0.15) is 86.0 Å². The molecule has 2 aromatic heterocycles. The smallest absolute Gasteiger partial charge is 0.252 e. The number of H-pyrrole nitrogens is 1. The maximum atomic E-state index is 13.3. The summed E-state index contributed by atoms with van der Waals surface area (Å²) in [5.41, 5.74) is 5.22. The Morgan fingerprint density at radius 1 is 1.08 bits per heavy atom. The van der Waals surface area contributed by atoms with Crippen molar-refractivity contribution in [3.05, 3.63) is 87.0 Å². The van der Waals surface area contributed by atoms with E-state index in [1.54, 1.807) is 0 Å². The highest BCUT2D eigenvalue weighted by molar-refractivity contribution is 5.82. The number of nitrogens with one attached hydrogen (secondary N) is 1. The third-order valence-corrected chi connectivity index (χ3v) is 7.76. The number of nitrogens with zero attached hydrogens (tertiary/aromatic N) is 5. The van der Waals surface area contributed by atoms with Gasteiger partial charge in [-0.3, -0.25) is 9.69 Å². The maximum Gasteiger partial charge on any atom is 0.252 e. The Morgan fingerprint density at radius 2 is 1.86 bits per heavy atom. The fourth-order valence-electron chi connectivity index (χ4n) is 5.99. The van der Waals surface area contributed by atoms with E-state index >= 15 is 0 Å². The number of hydrogen-bond donors (Lipinski definition) is 1. The average Bonchev–Trinajstić information content (AvgIpc) is 3.35. The predicted octanol–water partition coefficient (Wildman–Crippen LogP) is 5.86. The van der Waals surface area contributed by atoms with Gasteiger partial charge in [0.2, 0.25) is 0 Å². The number of aromatic amines is 1. The van der Waals surface area contributed by atoms with E-state index in [0.717, 1.165) is 53.5 Å². The second kappa shape index (κ2) is 11.4. The third-order valence-electron chi connectivity index (χ3n) is 7.76. The number of hydrogen-bond acceptors (Lipinski definition) is 5. The molecule has 1 N–H and O–H groups in total. The van der Waals surface area contributed by atoms with Crippen molar-refractivity contribution in [3.63, 3.8) is 0 Å². The summed E-state index contributed by atoms with van der Waals surface area (Å²) in [4.78, 5) is 19.1. The molecule has 7 heteroatoms. The fraction of sp³-hybridized carbons (Fsp3) is 0.467. The van der Waals surface area contributed by atoms with Crippen molar-refractivity contribution in [1.82, 2.24) is 30.1 Å². The highest BCUT2D eigenvalue weighted by atomic mass is 16.1. The molecule has 0 amide bonds. The van der Waals surface area contributed by atoms with Gasteiger partial charge in [-0.15, -0.1) is 5.10 Å². The minimum Gasteiger partial charge on any atom is -0.321 e. The molecule has 0 bridgehead atoms. The van der Waals surface area contributed by atoms with Crippen LogP contribution in [-0.4, -0.2) is 36.1 Å². The topological polar surface area (TPSA) is 79.7 Å². The number of aryl methyl sites for hydroxylation is 2. The zero-order valence-electron chi connectivity index (χ0n) is 22.3. The Labute approximate surface area is 218 Å². The molecule has 194 valence electrons. The van der Waals surface area contributed by atoms with Crippen molar-refractivity contribution in [2.24, 2.45) is 0 Å². The molecule has 1 saturated carbocycles. The van der Waals surface area contributed by atoms with Gasteiger partial charge < -0.3 is 4.98 Å². The number of tetrazole rings is 1.